The van der Waals surface area contributed by atoms with Crippen molar-refractivity contribution >= 4 is 11.9 Å². The molecule has 0 saturated heterocycles. The van der Waals surface area contributed by atoms with Crippen molar-refractivity contribution in [1.82, 2.24) is 20.0 Å². The number of carboxylic acid groups (broad SMARTS) is 1. The van der Waals surface area contributed by atoms with E-state index in [0.29, 0.717) is 41.2 Å². The molecule has 3 aromatic rings. The summed E-state index contributed by atoms with van der Waals surface area (Å²) >= 11 is 0. The van der Waals surface area contributed by atoms with Gasteiger partial charge in [0.25, 0.3) is 5.91 Å². The van der Waals surface area contributed by atoms with Crippen LogP contribution in [0.25, 0.3) is 16.9 Å². The van der Waals surface area contributed by atoms with Crippen LogP contribution in [-0.2, 0) is 4.79 Å². The third-order valence-electron chi connectivity index (χ3n) is 10.6. The van der Waals surface area contributed by atoms with Gasteiger partial charge in [-0.1, -0.05) is 19.9 Å². The van der Waals surface area contributed by atoms with Crippen LogP contribution in [0.4, 0.5) is 0 Å². The molecule has 47 heavy (non-hydrogen) atoms. The summed E-state index contributed by atoms with van der Waals surface area (Å²) < 4.78 is 19.4. The standard InChI is InChI=1S/C37H48N4O6/c1-22(2)28-20-27(47-14-8-13-40(3)4)11-12-30(28)41-31(34-32(45-5)9-7-10-33(34)46-6)21-29(39-41)35(42)38-37(36(43)44)25-16-23-15-24(18-25)19-26(37)17-23/h7,9-12,20-26H,8,13-19H2,1-6H3,(H,38,42)(H,43,44). The Morgan fingerprint density at radius 1 is 1.00 bits per heavy atom. The molecule has 1 amide bonds. The normalized spacial score (nSPS) is 24.5. The Kier molecular flexibility index (Phi) is 9.25. The van der Waals surface area contributed by atoms with Crippen molar-refractivity contribution in [3.05, 3.63) is 53.7 Å². The first-order valence-electron chi connectivity index (χ1n) is 16.8. The van der Waals surface area contributed by atoms with Crippen molar-refractivity contribution < 1.29 is 28.9 Å². The predicted octanol–water partition coefficient (Wildman–Crippen LogP) is 6.02. The van der Waals surface area contributed by atoms with Gasteiger partial charge >= 0.3 is 5.97 Å². The topological polar surface area (TPSA) is 115 Å². The van der Waals surface area contributed by atoms with Gasteiger partial charge in [-0.2, -0.15) is 5.10 Å². The molecule has 4 aliphatic rings. The van der Waals surface area contributed by atoms with E-state index in [-0.39, 0.29) is 23.4 Å². The van der Waals surface area contributed by atoms with Gasteiger partial charge in [0.2, 0.25) is 0 Å². The molecule has 4 bridgehead atoms. The van der Waals surface area contributed by atoms with Crippen molar-refractivity contribution in [3.8, 4) is 34.2 Å². The summed E-state index contributed by atoms with van der Waals surface area (Å²) in [6.07, 6.45) is 5.47. The van der Waals surface area contributed by atoms with E-state index in [9.17, 15) is 14.7 Å². The summed E-state index contributed by atoms with van der Waals surface area (Å²) in [6.45, 7) is 5.75. The Balaban J connectivity index is 1.42. The highest BCUT2D eigenvalue weighted by Gasteiger charge is 2.62. The Bertz CT molecular complexity index is 1580. The Labute approximate surface area is 277 Å². The largest absolute Gasteiger partial charge is 0.496 e. The zero-order valence-electron chi connectivity index (χ0n) is 28.4. The molecule has 4 aliphatic carbocycles. The van der Waals surface area contributed by atoms with E-state index in [0.717, 1.165) is 55.6 Å². The summed E-state index contributed by atoms with van der Waals surface area (Å²) in [4.78, 5) is 29.4. The smallest absolute Gasteiger partial charge is 0.330 e. The Hall–Kier alpha value is -4.05. The highest BCUT2D eigenvalue weighted by Crippen LogP contribution is 2.58. The molecule has 4 fully saturated rings. The van der Waals surface area contributed by atoms with E-state index in [2.05, 4.69) is 24.1 Å². The number of aliphatic carboxylic acids is 1. The van der Waals surface area contributed by atoms with Crippen LogP contribution in [0.2, 0.25) is 0 Å². The second-order valence-electron chi connectivity index (χ2n) is 14.2. The molecule has 7 rings (SSSR count). The van der Waals surface area contributed by atoms with Gasteiger partial charge < -0.3 is 29.5 Å². The molecular weight excluding hydrogens is 596 g/mol. The van der Waals surface area contributed by atoms with E-state index in [4.69, 9.17) is 19.3 Å². The number of benzene rings is 2. The molecule has 0 aliphatic heterocycles. The number of nitrogens with zero attached hydrogens (tertiary/aromatic N) is 3. The van der Waals surface area contributed by atoms with Crippen LogP contribution in [0.5, 0.6) is 17.2 Å². The van der Waals surface area contributed by atoms with E-state index in [1.54, 1.807) is 25.0 Å². The van der Waals surface area contributed by atoms with Crippen molar-refractivity contribution in [3.63, 3.8) is 0 Å². The molecule has 1 aromatic heterocycles. The van der Waals surface area contributed by atoms with Crippen LogP contribution in [0.15, 0.2) is 42.5 Å². The van der Waals surface area contributed by atoms with Crippen LogP contribution in [0.1, 0.15) is 74.3 Å². The van der Waals surface area contributed by atoms with Crippen LogP contribution in [0, 0.1) is 23.7 Å². The highest BCUT2D eigenvalue weighted by molar-refractivity contribution is 5.98. The summed E-state index contributed by atoms with van der Waals surface area (Å²) in [5, 5.41) is 18.7. The molecular formula is C37H48N4O6. The second-order valence-corrected chi connectivity index (χ2v) is 14.2. The lowest BCUT2D eigenvalue weighted by Crippen LogP contribution is -2.70. The first-order valence-corrected chi connectivity index (χ1v) is 16.8. The average molecular weight is 645 g/mol. The molecule has 10 nitrogen and oxygen atoms in total. The fourth-order valence-electron chi connectivity index (χ4n) is 8.59. The number of ether oxygens (including phenoxy) is 3. The van der Waals surface area contributed by atoms with Crippen molar-refractivity contribution in [1.29, 1.82) is 0 Å². The van der Waals surface area contributed by atoms with Crippen molar-refractivity contribution in [2.45, 2.75) is 63.8 Å². The number of methoxy groups -OCH3 is 2. The van der Waals surface area contributed by atoms with Crippen molar-refractivity contribution in [2.24, 2.45) is 23.7 Å². The SMILES string of the molecule is COc1cccc(OC)c1-c1cc(C(=O)NC2(C(=O)O)C3CC4CC(C3)CC2C4)nn1-c1ccc(OCCCN(C)C)cc1C(C)C. The van der Waals surface area contributed by atoms with Gasteiger partial charge in [-0.05, 0) is 124 Å². The molecule has 252 valence electrons. The first-order chi connectivity index (χ1) is 22.5. The van der Waals surface area contributed by atoms with E-state index in [1.165, 1.54) is 6.42 Å². The third-order valence-corrected chi connectivity index (χ3v) is 10.6. The summed E-state index contributed by atoms with van der Waals surface area (Å²) in [6, 6.07) is 13.2. The quantitative estimate of drug-likeness (QED) is 0.217. The van der Waals surface area contributed by atoms with Gasteiger partial charge in [-0.3, -0.25) is 4.79 Å². The number of hydrogen-bond donors (Lipinski definition) is 2. The zero-order valence-corrected chi connectivity index (χ0v) is 28.4. The molecule has 4 saturated carbocycles. The van der Waals surface area contributed by atoms with E-state index in [1.807, 2.05) is 50.5 Å². The number of carbonyl (C=O) groups is 2. The molecule has 10 heteroatoms. The summed E-state index contributed by atoms with van der Waals surface area (Å²) in [7, 11) is 7.28. The Morgan fingerprint density at radius 3 is 2.19 bits per heavy atom. The molecule has 0 unspecified atom stereocenters. The van der Waals surface area contributed by atoms with Crippen LogP contribution in [0.3, 0.4) is 0 Å². The van der Waals surface area contributed by atoms with Gasteiger partial charge in [-0.15, -0.1) is 0 Å². The lowest BCUT2D eigenvalue weighted by atomic mass is 9.48. The third kappa shape index (κ3) is 6.08. The number of carbonyl (C=O) groups excluding carboxylic acids is 1. The summed E-state index contributed by atoms with van der Waals surface area (Å²) in [5.41, 5.74) is 1.87. The minimum absolute atomic E-state index is 0.0751. The number of hydrogen-bond acceptors (Lipinski definition) is 7. The minimum Gasteiger partial charge on any atom is -0.496 e. The van der Waals surface area contributed by atoms with Crippen LogP contribution in [-0.4, -0.2) is 78.7 Å². The monoisotopic (exact) mass is 644 g/mol. The first kappa shape index (κ1) is 32.9. The molecule has 0 atom stereocenters. The maximum atomic E-state index is 14.2. The number of aromatic nitrogens is 2. The highest BCUT2D eigenvalue weighted by atomic mass is 16.5. The van der Waals surface area contributed by atoms with Gasteiger partial charge in [0.05, 0.1) is 37.8 Å². The van der Waals surface area contributed by atoms with Crippen LogP contribution < -0.4 is 19.5 Å². The average Bonchev–Trinajstić information content (AvgIpc) is 3.48. The van der Waals surface area contributed by atoms with Crippen molar-refractivity contribution in [2.75, 3.05) is 41.5 Å². The fraction of sp³-hybridized carbons (Fsp3) is 0.541. The molecule has 0 spiro atoms. The maximum absolute atomic E-state index is 14.2. The molecule has 1 heterocycles. The second kappa shape index (κ2) is 13.2. The lowest BCUT2D eigenvalue weighted by molar-refractivity contribution is -0.163. The zero-order chi connectivity index (χ0) is 33.5. The van der Waals surface area contributed by atoms with Crippen LogP contribution >= 0.6 is 0 Å². The number of carboxylic acids is 1. The van der Waals surface area contributed by atoms with E-state index >= 15 is 0 Å². The van der Waals surface area contributed by atoms with Gasteiger partial charge in [-0.25, -0.2) is 9.48 Å². The molecule has 2 aromatic carbocycles. The maximum Gasteiger partial charge on any atom is 0.330 e. The number of nitrogens with one attached hydrogen (secondary N) is 1. The summed E-state index contributed by atoms with van der Waals surface area (Å²) in [5.74, 6) is 1.54. The lowest BCUT2D eigenvalue weighted by Gasteiger charge is -2.59. The predicted molar refractivity (Wildman–Crippen MR) is 180 cm³/mol. The fourth-order valence-corrected chi connectivity index (χ4v) is 8.59. The molecule has 0 radical (unpaired) electrons. The van der Waals surface area contributed by atoms with Gasteiger partial charge in [0, 0.05) is 6.54 Å². The van der Waals surface area contributed by atoms with E-state index < -0.39 is 17.4 Å². The number of amides is 1. The molecule has 2 N–H and O–H groups in total. The van der Waals surface area contributed by atoms with Gasteiger partial charge in [0.1, 0.15) is 22.8 Å². The number of rotatable bonds is 13. The Morgan fingerprint density at radius 2 is 1.64 bits per heavy atom. The van der Waals surface area contributed by atoms with Gasteiger partial charge in [0.15, 0.2) is 5.69 Å². The minimum atomic E-state index is -1.29.